The highest BCUT2D eigenvalue weighted by Crippen LogP contribution is 2.09. The predicted octanol–water partition coefficient (Wildman–Crippen LogP) is -0.235. The molecule has 0 atom stereocenters. The fourth-order valence-electron chi connectivity index (χ4n) is 1.82. The Kier molecular flexibility index (Phi) is 3.24. The Morgan fingerprint density at radius 1 is 1.40 bits per heavy atom. The summed E-state index contributed by atoms with van der Waals surface area (Å²) in [5.41, 5.74) is -1.35. The van der Waals surface area contributed by atoms with Crippen LogP contribution in [0.25, 0.3) is 11.2 Å². The van der Waals surface area contributed by atoms with Crippen LogP contribution in [0.15, 0.2) is 15.9 Å². The van der Waals surface area contributed by atoms with Gasteiger partial charge >= 0.3 is 11.7 Å². The lowest BCUT2D eigenvalue weighted by Crippen LogP contribution is -2.30. The summed E-state index contributed by atoms with van der Waals surface area (Å²) in [6.07, 6.45) is 1.34. The molecule has 8 nitrogen and oxygen atoms in total. The third-order valence-corrected chi connectivity index (χ3v) is 2.60. The monoisotopic (exact) mass is 280 g/mol. The van der Waals surface area contributed by atoms with Crippen molar-refractivity contribution in [2.45, 2.75) is 32.9 Å². The number of ether oxygens (including phenoxy) is 1. The van der Waals surface area contributed by atoms with E-state index in [4.69, 9.17) is 4.74 Å². The molecule has 0 radical (unpaired) electrons. The Morgan fingerprint density at radius 2 is 2.05 bits per heavy atom. The predicted molar refractivity (Wildman–Crippen MR) is 71.4 cm³/mol. The van der Waals surface area contributed by atoms with Gasteiger partial charge in [-0.25, -0.2) is 9.78 Å². The Hall–Kier alpha value is -2.38. The van der Waals surface area contributed by atoms with Gasteiger partial charge in [-0.15, -0.1) is 0 Å². The summed E-state index contributed by atoms with van der Waals surface area (Å²) >= 11 is 0. The van der Waals surface area contributed by atoms with E-state index in [-0.39, 0.29) is 17.7 Å². The number of rotatable bonds is 2. The third-order valence-electron chi connectivity index (χ3n) is 2.60. The number of aryl methyl sites for hydroxylation is 1. The SMILES string of the molecule is Cn1c(=O)[nH]c(=O)c2c1ncn2CC(=O)OC(C)(C)C. The van der Waals surface area contributed by atoms with E-state index in [9.17, 15) is 14.4 Å². The maximum atomic E-state index is 11.8. The van der Waals surface area contributed by atoms with Crippen LogP contribution in [0.1, 0.15) is 20.8 Å². The normalized spacial score (nSPS) is 11.8. The van der Waals surface area contributed by atoms with Gasteiger partial charge in [-0.2, -0.15) is 0 Å². The van der Waals surface area contributed by atoms with Crippen LogP contribution in [0.3, 0.4) is 0 Å². The van der Waals surface area contributed by atoms with E-state index >= 15 is 0 Å². The highest BCUT2D eigenvalue weighted by molar-refractivity contribution is 5.75. The third kappa shape index (κ3) is 2.63. The number of aromatic amines is 1. The number of esters is 1. The molecule has 0 amide bonds. The number of nitrogens with zero attached hydrogens (tertiary/aromatic N) is 3. The summed E-state index contributed by atoms with van der Waals surface area (Å²) in [6, 6.07) is 0. The summed E-state index contributed by atoms with van der Waals surface area (Å²) in [6.45, 7) is 5.13. The molecule has 1 N–H and O–H groups in total. The van der Waals surface area contributed by atoms with E-state index in [1.165, 1.54) is 22.5 Å². The van der Waals surface area contributed by atoms with E-state index in [0.29, 0.717) is 0 Å². The van der Waals surface area contributed by atoms with Crippen molar-refractivity contribution in [2.24, 2.45) is 7.05 Å². The van der Waals surface area contributed by atoms with Gasteiger partial charge in [0, 0.05) is 7.05 Å². The summed E-state index contributed by atoms with van der Waals surface area (Å²) in [7, 11) is 1.49. The molecule has 0 bridgehead atoms. The van der Waals surface area contributed by atoms with Gasteiger partial charge in [0.05, 0.1) is 6.33 Å². The fraction of sp³-hybridized carbons (Fsp3) is 0.500. The van der Waals surface area contributed by atoms with Gasteiger partial charge < -0.3 is 9.30 Å². The molecular weight excluding hydrogens is 264 g/mol. The second-order valence-corrected chi connectivity index (χ2v) is 5.45. The first-order valence-electron chi connectivity index (χ1n) is 6.05. The molecule has 0 saturated carbocycles. The van der Waals surface area contributed by atoms with Crippen molar-refractivity contribution >= 4 is 17.1 Å². The maximum absolute atomic E-state index is 11.8. The number of fused-ring (bicyclic) bond motifs is 1. The molecule has 0 saturated heterocycles. The molecule has 108 valence electrons. The molecule has 2 aromatic rings. The molecule has 0 aromatic carbocycles. The topological polar surface area (TPSA) is 99.0 Å². The molecule has 0 fully saturated rings. The molecular formula is C12H16N4O4. The number of nitrogens with one attached hydrogen (secondary N) is 1. The molecule has 8 heteroatoms. The van der Waals surface area contributed by atoms with E-state index in [1.807, 2.05) is 0 Å². The van der Waals surface area contributed by atoms with Crippen LogP contribution in [0.5, 0.6) is 0 Å². The van der Waals surface area contributed by atoms with Crippen LogP contribution in [0.4, 0.5) is 0 Å². The number of carbonyl (C=O) groups excluding carboxylic acids is 1. The zero-order valence-electron chi connectivity index (χ0n) is 11.8. The Balaban J connectivity index is 2.43. The largest absolute Gasteiger partial charge is 0.459 e. The highest BCUT2D eigenvalue weighted by Gasteiger charge is 2.19. The molecule has 2 aromatic heterocycles. The van der Waals surface area contributed by atoms with Crippen LogP contribution in [-0.4, -0.2) is 30.7 Å². The van der Waals surface area contributed by atoms with Crippen molar-refractivity contribution < 1.29 is 9.53 Å². The lowest BCUT2D eigenvalue weighted by molar-refractivity contribution is -0.155. The standard InChI is InChI=1S/C12H16N4O4/c1-12(2,3)20-7(17)5-16-6-13-9-8(16)10(18)14-11(19)15(9)4/h6H,5H2,1-4H3,(H,14,18,19). The highest BCUT2D eigenvalue weighted by atomic mass is 16.6. The van der Waals surface area contributed by atoms with Gasteiger partial charge in [0.15, 0.2) is 11.2 Å². The van der Waals surface area contributed by atoms with Crippen molar-refractivity contribution in [3.63, 3.8) is 0 Å². The van der Waals surface area contributed by atoms with Crippen molar-refractivity contribution in [2.75, 3.05) is 0 Å². The van der Waals surface area contributed by atoms with E-state index in [2.05, 4.69) is 9.97 Å². The van der Waals surface area contributed by atoms with Crippen molar-refractivity contribution in [1.29, 1.82) is 0 Å². The summed E-state index contributed by atoms with van der Waals surface area (Å²) in [5, 5.41) is 0. The minimum atomic E-state index is -0.604. The first kappa shape index (κ1) is 14.0. The second kappa shape index (κ2) is 4.62. The molecule has 0 aliphatic heterocycles. The van der Waals surface area contributed by atoms with Crippen molar-refractivity contribution in [3.05, 3.63) is 27.2 Å². The Bertz CT molecular complexity index is 775. The lowest BCUT2D eigenvalue weighted by atomic mass is 10.2. The number of imidazole rings is 1. The number of hydrogen-bond donors (Lipinski definition) is 1. The quantitative estimate of drug-likeness (QED) is 0.766. The van der Waals surface area contributed by atoms with Crippen molar-refractivity contribution in [3.8, 4) is 0 Å². The van der Waals surface area contributed by atoms with E-state index < -0.39 is 22.8 Å². The molecule has 0 unspecified atom stereocenters. The number of H-pyrrole nitrogens is 1. The molecule has 2 rings (SSSR count). The fourth-order valence-corrected chi connectivity index (χ4v) is 1.82. The first-order chi connectivity index (χ1) is 9.19. The number of carbonyl (C=O) groups is 1. The van der Waals surface area contributed by atoms with Crippen LogP contribution in [-0.2, 0) is 23.1 Å². The second-order valence-electron chi connectivity index (χ2n) is 5.45. The van der Waals surface area contributed by atoms with Gasteiger partial charge in [-0.1, -0.05) is 0 Å². The van der Waals surface area contributed by atoms with Crippen molar-refractivity contribution in [1.82, 2.24) is 19.1 Å². The average molecular weight is 280 g/mol. The van der Waals surface area contributed by atoms with E-state index in [0.717, 1.165) is 0 Å². The summed E-state index contributed by atoms with van der Waals surface area (Å²) in [4.78, 5) is 41.2. The average Bonchev–Trinajstić information content (AvgIpc) is 2.67. The summed E-state index contributed by atoms with van der Waals surface area (Å²) in [5.74, 6) is -0.481. The van der Waals surface area contributed by atoms with E-state index in [1.54, 1.807) is 20.8 Å². The minimum Gasteiger partial charge on any atom is -0.459 e. The van der Waals surface area contributed by atoms with Crippen LogP contribution in [0.2, 0.25) is 0 Å². The maximum Gasteiger partial charge on any atom is 0.329 e. The molecule has 0 aliphatic carbocycles. The molecule has 2 heterocycles. The van der Waals surface area contributed by atoms with Gasteiger partial charge in [0.1, 0.15) is 12.1 Å². The van der Waals surface area contributed by atoms with Gasteiger partial charge in [-0.05, 0) is 20.8 Å². The zero-order valence-corrected chi connectivity index (χ0v) is 11.8. The molecule has 0 aliphatic rings. The van der Waals surface area contributed by atoms with Gasteiger partial charge in [0.25, 0.3) is 5.56 Å². The van der Waals surface area contributed by atoms with Crippen LogP contribution >= 0.6 is 0 Å². The van der Waals surface area contributed by atoms with Gasteiger partial charge in [-0.3, -0.25) is 19.1 Å². The smallest absolute Gasteiger partial charge is 0.329 e. The first-order valence-corrected chi connectivity index (χ1v) is 6.05. The Morgan fingerprint density at radius 3 is 2.65 bits per heavy atom. The Labute approximate surface area is 114 Å². The minimum absolute atomic E-state index is 0.144. The lowest BCUT2D eigenvalue weighted by Gasteiger charge is -2.19. The van der Waals surface area contributed by atoms with Gasteiger partial charge in [0.2, 0.25) is 0 Å². The number of aromatic nitrogens is 4. The van der Waals surface area contributed by atoms with Crippen LogP contribution in [0, 0.1) is 0 Å². The van der Waals surface area contributed by atoms with Crippen LogP contribution < -0.4 is 11.2 Å². The summed E-state index contributed by atoms with van der Waals surface area (Å²) < 4.78 is 7.76. The zero-order chi connectivity index (χ0) is 15.1. The molecule has 0 spiro atoms. The number of hydrogen-bond acceptors (Lipinski definition) is 5. The molecule has 20 heavy (non-hydrogen) atoms.